The Morgan fingerprint density at radius 1 is 1.06 bits per heavy atom. The Kier molecular flexibility index (Phi) is 10.6. The molecule has 47 heavy (non-hydrogen) atoms. The molecule has 1 aromatic heterocycles. The van der Waals surface area contributed by atoms with Crippen LogP contribution in [0.4, 0.5) is 23.7 Å². The quantitative estimate of drug-likeness (QED) is 0.183. The fraction of sp³-hybridized carbons (Fsp3) is 0.371. The SMILES string of the molecule is CCCc1ccc(C)cc1N1CCCS/C1=N\C(=O)NCC(C)(C)Cc1ccc(-c2ncn(-c3ccc(OC(F)(F)F)cc3)n2)cc1. The summed E-state index contributed by atoms with van der Waals surface area (Å²) in [7, 11) is 0. The molecule has 0 atom stereocenters. The number of ether oxygens (including phenoxy) is 1. The van der Waals surface area contributed by atoms with Crippen LogP contribution in [0.25, 0.3) is 17.1 Å². The Labute approximate surface area is 277 Å². The zero-order valence-corrected chi connectivity index (χ0v) is 27.8. The van der Waals surface area contributed by atoms with E-state index in [2.05, 4.69) is 75.9 Å². The van der Waals surface area contributed by atoms with Crippen molar-refractivity contribution in [1.82, 2.24) is 20.1 Å². The van der Waals surface area contributed by atoms with Crippen LogP contribution in [0.5, 0.6) is 5.75 Å². The van der Waals surface area contributed by atoms with Gasteiger partial charge in [-0.15, -0.1) is 18.3 Å². The van der Waals surface area contributed by atoms with Crippen LogP contribution in [-0.4, -0.2) is 51.2 Å². The van der Waals surface area contributed by atoms with E-state index < -0.39 is 6.36 Å². The molecule has 0 bridgehead atoms. The number of amidine groups is 1. The number of aromatic nitrogens is 3. The number of nitrogens with zero attached hydrogens (tertiary/aromatic N) is 5. The number of carbonyl (C=O) groups is 1. The van der Waals surface area contributed by atoms with Gasteiger partial charge < -0.3 is 15.0 Å². The third kappa shape index (κ3) is 9.37. The lowest BCUT2D eigenvalue weighted by Gasteiger charge is -2.31. The average molecular weight is 665 g/mol. The largest absolute Gasteiger partial charge is 0.573 e. The molecular weight excluding hydrogens is 625 g/mol. The molecule has 1 N–H and O–H groups in total. The first-order valence-electron chi connectivity index (χ1n) is 15.6. The van der Waals surface area contributed by atoms with Crippen molar-refractivity contribution < 1.29 is 22.7 Å². The molecule has 12 heteroatoms. The Hall–Kier alpha value is -4.32. The van der Waals surface area contributed by atoms with E-state index in [9.17, 15) is 18.0 Å². The zero-order valence-electron chi connectivity index (χ0n) is 27.0. The summed E-state index contributed by atoms with van der Waals surface area (Å²) in [6.07, 6.45) is 0.549. The van der Waals surface area contributed by atoms with Gasteiger partial charge in [0.2, 0.25) is 0 Å². The van der Waals surface area contributed by atoms with Crippen molar-refractivity contribution in [3.8, 4) is 22.8 Å². The van der Waals surface area contributed by atoms with Crippen LogP contribution in [-0.2, 0) is 12.8 Å². The first-order chi connectivity index (χ1) is 22.4. The number of alkyl halides is 3. The summed E-state index contributed by atoms with van der Waals surface area (Å²) in [5, 5.41) is 8.25. The molecule has 0 unspecified atom stereocenters. The van der Waals surface area contributed by atoms with E-state index in [4.69, 9.17) is 0 Å². The molecule has 1 aliphatic rings. The lowest BCUT2D eigenvalue weighted by molar-refractivity contribution is -0.274. The van der Waals surface area contributed by atoms with Crippen LogP contribution in [0.1, 0.15) is 50.3 Å². The molecule has 2 amide bonds. The molecule has 2 heterocycles. The normalized spacial score (nSPS) is 14.8. The number of thioether (sulfide) groups is 1. The first-order valence-corrected chi connectivity index (χ1v) is 16.6. The van der Waals surface area contributed by atoms with Gasteiger partial charge in [-0.05, 0) is 78.6 Å². The smallest absolute Gasteiger partial charge is 0.406 e. The molecule has 1 aliphatic heterocycles. The Morgan fingerprint density at radius 2 is 1.81 bits per heavy atom. The van der Waals surface area contributed by atoms with Gasteiger partial charge in [0, 0.05) is 30.1 Å². The molecule has 8 nitrogen and oxygen atoms in total. The molecule has 1 fully saturated rings. The summed E-state index contributed by atoms with van der Waals surface area (Å²) in [5.74, 6) is 1.12. The zero-order chi connectivity index (χ0) is 33.6. The molecule has 5 rings (SSSR count). The molecule has 248 valence electrons. The third-order valence-electron chi connectivity index (χ3n) is 7.68. The van der Waals surface area contributed by atoms with Crippen molar-refractivity contribution in [2.24, 2.45) is 10.4 Å². The van der Waals surface area contributed by atoms with Gasteiger partial charge in [0.1, 0.15) is 12.1 Å². The highest BCUT2D eigenvalue weighted by Crippen LogP contribution is 2.30. The topological polar surface area (TPSA) is 84.6 Å². The van der Waals surface area contributed by atoms with Crippen LogP contribution >= 0.6 is 11.8 Å². The predicted octanol–water partition coefficient (Wildman–Crippen LogP) is 8.37. The minimum atomic E-state index is -4.75. The number of halogens is 3. The number of anilines is 1. The maximum atomic E-state index is 13.0. The fourth-order valence-corrected chi connectivity index (χ4v) is 6.38. The van der Waals surface area contributed by atoms with Crippen molar-refractivity contribution in [2.75, 3.05) is 23.7 Å². The van der Waals surface area contributed by atoms with Gasteiger partial charge in [-0.2, -0.15) is 4.99 Å². The van der Waals surface area contributed by atoms with Gasteiger partial charge in [0.25, 0.3) is 0 Å². The number of hydrogen-bond donors (Lipinski definition) is 1. The fourth-order valence-electron chi connectivity index (χ4n) is 5.43. The van der Waals surface area contributed by atoms with E-state index in [1.54, 1.807) is 11.8 Å². The first kappa shape index (κ1) is 34.0. The Bertz CT molecular complexity index is 1700. The van der Waals surface area contributed by atoms with Gasteiger partial charge in [-0.3, -0.25) is 0 Å². The lowest BCUT2D eigenvalue weighted by atomic mass is 9.85. The van der Waals surface area contributed by atoms with Crippen molar-refractivity contribution in [3.05, 3.63) is 89.7 Å². The number of nitrogens with one attached hydrogen (secondary N) is 1. The van der Waals surface area contributed by atoms with Gasteiger partial charge in [0.05, 0.1) is 5.69 Å². The molecule has 1 saturated heterocycles. The van der Waals surface area contributed by atoms with Crippen LogP contribution in [0.2, 0.25) is 0 Å². The van der Waals surface area contributed by atoms with E-state index in [0.717, 1.165) is 60.0 Å². The second-order valence-electron chi connectivity index (χ2n) is 12.4. The minimum absolute atomic E-state index is 0.233. The summed E-state index contributed by atoms with van der Waals surface area (Å²) in [5.41, 5.74) is 5.82. The van der Waals surface area contributed by atoms with Crippen molar-refractivity contribution in [1.29, 1.82) is 0 Å². The van der Waals surface area contributed by atoms with Gasteiger partial charge in [0.15, 0.2) is 11.0 Å². The van der Waals surface area contributed by atoms with E-state index in [1.165, 1.54) is 46.4 Å². The number of aryl methyl sites for hydroxylation is 2. The monoisotopic (exact) mass is 664 g/mol. The van der Waals surface area contributed by atoms with Gasteiger partial charge in [-0.1, -0.05) is 75.4 Å². The maximum absolute atomic E-state index is 13.0. The Morgan fingerprint density at radius 3 is 2.51 bits per heavy atom. The maximum Gasteiger partial charge on any atom is 0.573 e. The highest BCUT2D eigenvalue weighted by molar-refractivity contribution is 8.14. The summed E-state index contributed by atoms with van der Waals surface area (Å²) < 4.78 is 42.8. The van der Waals surface area contributed by atoms with Crippen molar-refractivity contribution >= 4 is 28.6 Å². The molecule has 0 radical (unpaired) electrons. The highest BCUT2D eigenvalue weighted by atomic mass is 32.2. The van der Waals surface area contributed by atoms with Gasteiger partial charge >= 0.3 is 12.4 Å². The third-order valence-corrected chi connectivity index (χ3v) is 8.74. The standard InChI is InChI=1S/C35H39F3N6O2S/c1-5-7-26-11-8-24(2)20-30(26)43-18-6-19-47-33(43)41-32(45)39-22-34(3,4)21-25-9-12-27(13-10-25)31-40-23-44(42-31)28-14-16-29(17-15-28)46-35(36,37)38/h8-17,20,23H,5-7,18-19,21-22H2,1-4H3,(H,39,45)/b41-33-. The number of hydrogen-bond acceptors (Lipinski definition) is 5. The molecule has 0 aliphatic carbocycles. The number of aliphatic imine (C=N–C) groups is 1. The number of benzene rings is 3. The van der Waals surface area contributed by atoms with Crippen LogP contribution < -0.4 is 15.0 Å². The predicted molar refractivity (Wildman–Crippen MR) is 181 cm³/mol. The lowest BCUT2D eigenvalue weighted by Crippen LogP contribution is -2.38. The van der Waals surface area contributed by atoms with Crippen LogP contribution in [0, 0.1) is 12.3 Å². The number of carbonyl (C=O) groups excluding carboxylic acids is 1. The summed E-state index contributed by atoms with van der Waals surface area (Å²) in [6.45, 7) is 9.77. The number of amides is 2. The number of rotatable bonds is 10. The highest BCUT2D eigenvalue weighted by Gasteiger charge is 2.31. The van der Waals surface area contributed by atoms with Crippen molar-refractivity contribution in [2.45, 2.75) is 59.7 Å². The molecule has 0 saturated carbocycles. The minimum Gasteiger partial charge on any atom is -0.406 e. The van der Waals surface area contributed by atoms with E-state index >= 15 is 0 Å². The van der Waals surface area contributed by atoms with E-state index in [0.29, 0.717) is 18.1 Å². The molecule has 3 aromatic carbocycles. The van der Waals surface area contributed by atoms with Crippen LogP contribution in [0.3, 0.4) is 0 Å². The van der Waals surface area contributed by atoms with Crippen LogP contribution in [0.15, 0.2) is 78.0 Å². The second kappa shape index (κ2) is 14.6. The second-order valence-corrected chi connectivity index (χ2v) is 13.4. The average Bonchev–Trinajstić information content (AvgIpc) is 3.52. The molecule has 4 aromatic rings. The molecular formula is C35H39F3N6O2S. The summed E-state index contributed by atoms with van der Waals surface area (Å²) in [4.78, 5) is 24.1. The van der Waals surface area contributed by atoms with Crippen molar-refractivity contribution in [3.63, 3.8) is 0 Å². The summed E-state index contributed by atoms with van der Waals surface area (Å²) in [6, 6.07) is 19.5. The Balaban J connectivity index is 1.18. The molecule has 0 spiro atoms. The summed E-state index contributed by atoms with van der Waals surface area (Å²) >= 11 is 1.63. The van der Waals surface area contributed by atoms with Gasteiger partial charge in [-0.25, -0.2) is 14.5 Å². The number of urea groups is 1. The van der Waals surface area contributed by atoms with E-state index in [1.807, 2.05) is 24.3 Å². The van der Waals surface area contributed by atoms with E-state index in [-0.39, 0.29) is 17.2 Å².